The van der Waals surface area contributed by atoms with Crippen molar-refractivity contribution < 1.29 is 18.8 Å². The van der Waals surface area contributed by atoms with Crippen LogP contribution in [0.4, 0.5) is 0 Å². The maximum Gasteiger partial charge on any atom is 0.276 e. The van der Waals surface area contributed by atoms with Gasteiger partial charge in [0.25, 0.3) is 5.91 Å². The number of carbonyl (C=O) groups excluding carboxylic acids is 1. The summed E-state index contributed by atoms with van der Waals surface area (Å²) < 4.78 is 16.4. The molecule has 1 amide bonds. The van der Waals surface area contributed by atoms with Gasteiger partial charge in [-0.15, -0.1) is 0 Å². The van der Waals surface area contributed by atoms with Crippen molar-refractivity contribution in [3.63, 3.8) is 0 Å². The zero-order chi connectivity index (χ0) is 19.2. The van der Waals surface area contributed by atoms with Crippen molar-refractivity contribution in [2.75, 3.05) is 52.6 Å². The molecule has 0 N–H and O–H groups in total. The maximum atomic E-state index is 13.3. The van der Waals surface area contributed by atoms with Crippen LogP contribution in [0.15, 0.2) is 40.9 Å². The molecule has 0 bridgehead atoms. The van der Waals surface area contributed by atoms with Gasteiger partial charge in [0, 0.05) is 57.1 Å². The van der Waals surface area contributed by atoms with Crippen LogP contribution in [-0.4, -0.2) is 79.5 Å². The van der Waals surface area contributed by atoms with Crippen LogP contribution < -0.4 is 0 Å². The fourth-order valence-corrected chi connectivity index (χ4v) is 3.78. The van der Waals surface area contributed by atoms with Gasteiger partial charge in [0.05, 0.1) is 13.2 Å². The van der Waals surface area contributed by atoms with E-state index in [2.05, 4.69) is 10.1 Å². The Morgan fingerprint density at radius 2 is 1.79 bits per heavy atom. The maximum absolute atomic E-state index is 13.3. The van der Waals surface area contributed by atoms with Crippen LogP contribution in [0, 0.1) is 0 Å². The van der Waals surface area contributed by atoms with E-state index in [4.69, 9.17) is 14.0 Å². The lowest BCUT2D eigenvalue weighted by molar-refractivity contribution is 0.0137. The molecule has 2 saturated heterocycles. The van der Waals surface area contributed by atoms with Gasteiger partial charge in [-0.2, -0.15) is 0 Å². The molecule has 2 aliphatic heterocycles. The Kier molecular flexibility index (Phi) is 6.36. The Morgan fingerprint density at radius 3 is 2.54 bits per heavy atom. The molecular weight excluding hydrogens is 358 g/mol. The van der Waals surface area contributed by atoms with Crippen molar-refractivity contribution in [3.05, 3.63) is 42.1 Å². The Hall–Kier alpha value is -2.22. The largest absolute Gasteiger partial charge is 0.381 e. The summed E-state index contributed by atoms with van der Waals surface area (Å²) in [5.74, 6) is 0.551. The number of ether oxygens (including phenoxy) is 2. The third kappa shape index (κ3) is 4.60. The van der Waals surface area contributed by atoms with Crippen molar-refractivity contribution in [2.45, 2.75) is 18.9 Å². The van der Waals surface area contributed by atoms with E-state index in [0.29, 0.717) is 31.2 Å². The van der Waals surface area contributed by atoms with Crippen LogP contribution in [0.25, 0.3) is 11.3 Å². The van der Waals surface area contributed by atoms with Crippen LogP contribution in [0.5, 0.6) is 0 Å². The van der Waals surface area contributed by atoms with Crippen LogP contribution in [-0.2, 0) is 9.47 Å². The van der Waals surface area contributed by atoms with E-state index in [1.807, 2.05) is 35.2 Å². The fourth-order valence-electron chi connectivity index (χ4n) is 3.78. The lowest BCUT2D eigenvalue weighted by Gasteiger charge is -2.36. The first kappa shape index (κ1) is 19.1. The van der Waals surface area contributed by atoms with Gasteiger partial charge in [0.15, 0.2) is 11.5 Å². The monoisotopic (exact) mass is 385 g/mol. The summed E-state index contributed by atoms with van der Waals surface area (Å²) in [7, 11) is 0. The van der Waals surface area contributed by atoms with Crippen molar-refractivity contribution in [2.24, 2.45) is 0 Å². The molecule has 150 valence electrons. The summed E-state index contributed by atoms with van der Waals surface area (Å²) in [6.07, 6.45) is 1.72. The van der Waals surface area contributed by atoms with Crippen molar-refractivity contribution in [1.82, 2.24) is 15.0 Å². The first-order chi connectivity index (χ1) is 13.8. The summed E-state index contributed by atoms with van der Waals surface area (Å²) in [5, 5.41) is 4.07. The quantitative estimate of drug-likeness (QED) is 0.760. The molecule has 2 aliphatic rings. The summed E-state index contributed by atoms with van der Waals surface area (Å²) in [4.78, 5) is 17.6. The molecule has 0 unspecified atom stereocenters. The average Bonchev–Trinajstić information content (AvgIpc) is 3.26. The highest BCUT2D eigenvalue weighted by atomic mass is 16.5. The lowest BCUT2D eigenvalue weighted by Crippen LogP contribution is -2.48. The van der Waals surface area contributed by atoms with Crippen LogP contribution in [0.1, 0.15) is 23.3 Å². The summed E-state index contributed by atoms with van der Waals surface area (Å²) in [5.41, 5.74) is 1.28. The number of hydrogen-bond acceptors (Lipinski definition) is 6. The average molecular weight is 385 g/mol. The highest BCUT2D eigenvalue weighted by Gasteiger charge is 2.29. The van der Waals surface area contributed by atoms with E-state index in [9.17, 15) is 4.79 Å². The molecule has 0 aliphatic carbocycles. The number of morpholine rings is 1. The highest BCUT2D eigenvalue weighted by molar-refractivity contribution is 5.93. The first-order valence-corrected chi connectivity index (χ1v) is 10.0. The van der Waals surface area contributed by atoms with E-state index >= 15 is 0 Å². The van der Waals surface area contributed by atoms with E-state index in [1.54, 1.807) is 6.07 Å². The lowest BCUT2D eigenvalue weighted by atomic mass is 10.1. The molecule has 0 radical (unpaired) electrons. The van der Waals surface area contributed by atoms with Gasteiger partial charge in [-0.05, 0) is 12.8 Å². The van der Waals surface area contributed by atoms with E-state index in [0.717, 1.165) is 51.3 Å². The molecule has 2 aromatic rings. The van der Waals surface area contributed by atoms with E-state index < -0.39 is 0 Å². The van der Waals surface area contributed by atoms with E-state index in [1.165, 1.54) is 0 Å². The molecule has 0 atom stereocenters. The van der Waals surface area contributed by atoms with Gasteiger partial charge < -0.3 is 18.9 Å². The van der Waals surface area contributed by atoms with Crippen molar-refractivity contribution in [1.29, 1.82) is 0 Å². The molecule has 7 heteroatoms. The first-order valence-electron chi connectivity index (χ1n) is 10.0. The summed E-state index contributed by atoms with van der Waals surface area (Å²) in [6, 6.07) is 11.7. The third-order valence-electron chi connectivity index (χ3n) is 5.44. The molecule has 2 fully saturated rings. The number of carbonyl (C=O) groups is 1. The molecule has 0 spiro atoms. The van der Waals surface area contributed by atoms with Gasteiger partial charge in [-0.3, -0.25) is 9.69 Å². The van der Waals surface area contributed by atoms with Gasteiger partial charge in [-0.25, -0.2) is 0 Å². The number of hydrogen-bond donors (Lipinski definition) is 0. The van der Waals surface area contributed by atoms with Gasteiger partial charge >= 0.3 is 0 Å². The smallest absolute Gasteiger partial charge is 0.276 e. The molecule has 28 heavy (non-hydrogen) atoms. The summed E-state index contributed by atoms with van der Waals surface area (Å²) >= 11 is 0. The Labute approximate surface area is 165 Å². The van der Waals surface area contributed by atoms with Gasteiger partial charge in [0.1, 0.15) is 0 Å². The van der Waals surface area contributed by atoms with Crippen LogP contribution in [0.3, 0.4) is 0 Å². The van der Waals surface area contributed by atoms with Crippen LogP contribution in [0.2, 0.25) is 0 Å². The fraction of sp³-hybridized carbons (Fsp3) is 0.524. The third-order valence-corrected chi connectivity index (χ3v) is 5.44. The number of rotatable bonds is 6. The molecule has 1 aromatic carbocycles. The minimum atomic E-state index is -0.0638. The molecular formula is C21H27N3O4. The molecule has 3 heterocycles. The zero-order valence-electron chi connectivity index (χ0n) is 16.1. The van der Waals surface area contributed by atoms with Crippen molar-refractivity contribution >= 4 is 5.91 Å². The number of amides is 1. The summed E-state index contributed by atoms with van der Waals surface area (Å²) in [6.45, 7) is 6.26. The second kappa shape index (κ2) is 9.32. The SMILES string of the molecule is O=C(c1cc(-c2ccccc2)on1)N(CCN1CCOCC1)C1CCOCC1. The van der Waals surface area contributed by atoms with Crippen LogP contribution >= 0.6 is 0 Å². The van der Waals surface area contributed by atoms with Crippen molar-refractivity contribution in [3.8, 4) is 11.3 Å². The molecule has 1 aromatic heterocycles. The standard InChI is InChI=1S/C21H27N3O4/c25-21(19-16-20(28-22-19)17-4-2-1-3-5-17)24(18-6-12-26-13-7-18)9-8-23-10-14-27-15-11-23/h1-5,16,18H,6-15H2. The Balaban J connectivity index is 1.48. The number of aromatic nitrogens is 1. The van der Waals surface area contributed by atoms with Gasteiger partial charge in [0.2, 0.25) is 0 Å². The van der Waals surface area contributed by atoms with Gasteiger partial charge in [-0.1, -0.05) is 35.5 Å². The zero-order valence-corrected chi connectivity index (χ0v) is 16.1. The minimum Gasteiger partial charge on any atom is -0.381 e. The number of benzene rings is 1. The predicted molar refractivity (Wildman–Crippen MR) is 104 cm³/mol. The number of nitrogens with zero attached hydrogens (tertiary/aromatic N) is 3. The molecule has 4 rings (SSSR count). The minimum absolute atomic E-state index is 0.0638. The Bertz CT molecular complexity index is 752. The predicted octanol–water partition coefficient (Wildman–Crippen LogP) is 2.29. The Morgan fingerprint density at radius 1 is 1.07 bits per heavy atom. The molecule has 0 saturated carbocycles. The normalized spacial score (nSPS) is 18.9. The molecule has 7 nitrogen and oxygen atoms in total. The second-order valence-corrected chi connectivity index (χ2v) is 7.24. The highest BCUT2D eigenvalue weighted by Crippen LogP contribution is 2.22. The topological polar surface area (TPSA) is 68.0 Å². The van der Waals surface area contributed by atoms with E-state index in [-0.39, 0.29) is 11.9 Å². The second-order valence-electron chi connectivity index (χ2n) is 7.24.